The topological polar surface area (TPSA) is 68.5 Å². The molecule has 18 heavy (non-hydrogen) atoms. The molecule has 0 aromatic carbocycles. The fourth-order valence-electron chi connectivity index (χ4n) is 1.68. The van der Waals surface area contributed by atoms with E-state index in [0.717, 1.165) is 0 Å². The fraction of sp³-hybridized carbons (Fsp3) is 0.231. The number of carboxylic acids is 1. The molecule has 0 aliphatic heterocycles. The highest BCUT2D eigenvalue weighted by Gasteiger charge is 2.19. The maximum atomic E-state index is 12.0. The molecule has 1 rings (SSSR count). The molecule has 5 heteroatoms. The van der Waals surface area contributed by atoms with Crippen molar-refractivity contribution in [3.8, 4) is 5.75 Å². The van der Waals surface area contributed by atoms with Crippen LogP contribution in [0, 0.1) is 0 Å². The number of hydrogen-bond acceptors (Lipinski definition) is 3. The van der Waals surface area contributed by atoms with Crippen LogP contribution >= 0.6 is 0 Å². The van der Waals surface area contributed by atoms with Gasteiger partial charge < -0.3 is 14.4 Å². The summed E-state index contributed by atoms with van der Waals surface area (Å²) in [5.41, 5.74) is 0.515. The summed E-state index contributed by atoms with van der Waals surface area (Å²) in [6, 6.07) is 1.40. The van der Waals surface area contributed by atoms with E-state index in [1.165, 1.54) is 17.7 Å². The second-order valence-electron chi connectivity index (χ2n) is 3.59. The van der Waals surface area contributed by atoms with Crippen molar-refractivity contribution in [2.75, 3.05) is 7.11 Å². The highest BCUT2D eigenvalue weighted by molar-refractivity contribution is 5.92. The van der Waals surface area contributed by atoms with Gasteiger partial charge in [0.15, 0.2) is 5.75 Å². The maximum absolute atomic E-state index is 12.0. The number of methoxy groups -OCH3 is 1. The quantitative estimate of drug-likeness (QED) is 0.824. The number of ether oxygens (including phenoxy) is 1. The number of carbonyl (C=O) groups is 1. The molecule has 0 bridgehead atoms. The van der Waals surface area contributed by atoms with Crippen molar-refractivity contribution in [1.29, 1.82) is 0 Å². The summed E-state index contributed by atoms with van der Waals surface area (Å²) in [5.74, 6) is -1.38. The van der Waals surface area contributed by atoms with Gasteiger partial charge in [-0.1, -0.05) is 18.7 Å². The van der Waals surface area contributed by atoms with Gasteiger partial charge in [-0.05, 0) is 18.6 Å². The van der Waals surface area contributed by atoms with E-state index in [-0.39, 0.29) is 11.3 Å². The lowest BCUT2D eigenvalue weighted by Gasteiger charge is -2.13. The number of carboxylic acid groups (broad SMARTS) is 1. The number of aromatic nitrogens is 1. The highest BCUT2D eigenvalue weighted by atomic mass is 16.5. The average molecular weight is 249 g/mol. The molecular weight excluding hydrogens is 234 g/mol. The predicted molar refractivity (Wildman–Crippen MR) is 69.0 cm³/mol. The Hall–Kier alpha value is -2.30. The van der Waals surface area contributed by atoms with Crippen molar-refractivity contribution < 1.29 is 14.6 Å². The van der Waals surface area contributed by atoms with Crippen LogP contribution in [0.3, 0.4) is 0 Å². The van der Waals surface area contributed by atoms with E-state index >= 15 is 0 Å². The largest absolute Gasteiger partial charge is 0.490 e. The number of allylic oxidation sites excluding steroid dienone is 3. The Morgan fingerprint density at radius 1 is 1.56 bits per heavy atom. The van der Waals surface area contributed by atoms with Gasteiger partial charge in [0, 0.05) is 7.05 Å². The summed E-state index contributed by atoms with van der Waals surface area (Å²) in [6.45, 7) is 5.42. The number of rotatable bonds is 4. The fourth-order valence-corrected chi connectivity index (χ4v) is 1.68. The zero-order valence-corrected chi connectivity index (χ0v) is 10.6. The molecule has 1 aromatic heterocycles. The van der Waals surface area contributed by atoms with Crippen LogP contribution in [0.2, 0.25) is 0 Å². The van der Waals surface area contributed by atoms with E-state index in [9.17, 15) is 9.59 Å². The highest BCUT2D eigenvalue weighted by Crippen LogP contribution is 2.20. The molecule has 0 unspecified atom stereocenters. The molecule has 0 aliphatic rings. The van der Waals surface area contributed by atoms with E-state index < -0.39 is 11.5 Å². The van der Waals surface area contributed by atoms with Crippen LogP contribution in [0.1, 0.15) is 23.0 Å². The first kappa shape index (κ1) is 13.8. The smallest absolute Gasteiger partial charge is 0.339 e. The van der Waals surface area contributed by atoms with Crippen molar-refractivity contribution >= 4 is 11.5 Å². The van der Waals surface area contributed by atoms with Crippen LogP contribution < -0.4 is 10.3 Å². The minimum absolute atomic E-state index is 0.156. The lowest BCUT2D eigenvalue weighted by Crippen LogP contribution is -2.24. The van der Waals surface area contributed by atoms with E-state index in [1.54, 1.807) is 26.1 Å². The summed E-state index contributed by atoms with van der Waals surface area (Å²) >= 11 is 0. The normalized spacial score (nSPS) is 11.2. The first-order valence-electron chi connectivity index (χ1n) is 5.28. The Morgan fingerprint density at radius 3 is 2.56 bits per heavy atom. The summed E-state index contributed by atoms with van der Waals surface area (Å²) < 4.78 is 6.20. The summed E-state index contributed by atoms with van der Waals surface area (Å²) in [4.78, 5) is 23.1. The third-order valence-corrected chi connectivity index (χ3v) is 2.65. The Kier molecular flexibility index (Phi) is 4.09. The maximum Gasteiger partial charge on any atom is 0.339 e. The van der Waals surface area contributed by atoms with Gasteiger partial charge in [-0.3, -0.25) is 4.79 Å². The molecule has 5 nitrogen and oxygen atoms in total. The number of nitrogens with zero attached hydrogens (tertiary/aromatic N) is 1. The third kappa shape index (κ3) is 2.20. The minimum Gasteiger partial charge on any atom is -0.490 e. The van der Waals surface area contributed by atoms with Crippen LogP contribution in [0.4, 0.5) is 0 Å². The van der Waals surface area contributed by atoms with Gasteiger partial charge in [0.25, 0.3) is 5.56 Å². The van der Waals surface area contributed by atoms with Crippen LogP contribution in [0.5, 0.6) is 5.75 Å². The average Bonchev–Trinajstić information content (AvgIpc) is 2.35. The molecule has 0 fully saturated rings. The molecule has 1 N–H and O–H groups in total. The van der Waals surface area contributed by atoms with Gasteiger partial charge in [0.05, 0.1) is 12.8 Å². The monoisotopic (exact) mass is 249 g/mol. The molecule has 0 amide bonds. The zero-order chi connectivity index (χ0) is 13.9. The standard InChI is InChI=1S/C13H15NO4/c1-5-8(6-2)10-7-9(13(16)17)11(18-4)12(15)14(10)3/h5-7H,1H2,2-4H3,(H,16,17)/b8-6+. The first-order valence-corrected chi connectivity index (χ1v) is 5.28. The zero-order valence-electron chi connectivity index (χ0n) is 10.6. The summed E-state index contributed by atoms with van der Waals surface area (Å²) in [5, 5.41) is 9.09. The Morgan fingerprint density at radius 2 is 2.17 bits per heavy atom. The number of pyridine rings is 1. The van der Waals surface area contributed by atoms with Crippen molar-refractivity contribution in [2.45, 2.75) is 6.92 Å². The predicted octanol–water partition coefficient (Wildman–Crippen LogP) is 1.68. The second-order valence-corrected chi connectivity index (χ2v) is 3.59. The van der Waals surface area contributed by atoms with E-state index in [0.29, 0.717) is 11.3 Å². The molecule has 96 valence electrons. The van der Waals surface area contributed by atoms with Gasteiger partial charge in [0.2, 0.25) is 0 Å². The molecule has 0 aliphatic carbocycles. The Labute approximate surface area is 105 Å². The van der Waals surface area contributed by atoms with Crippen molar-refractivity contribution in [3.63, 3.8) is 0 Å². The third-order valence-electron chi connectivity index (χ3n) is 2.65. The van der Waals surface area contributed by atoms with Gasteiger partial charge in [-0.2, -0.15) is 0 Å². The number of aromatic carboxylic acids is 1. The Bertz CT molecular complexity index is 581. The molecule has 0 saturated heterocycles. The van der Waals surface area contributed by atoms with E-state index in [1.807, 2.05) is 0 Å². The van der Waals surface area contributed by atoms with Gasteiger partial charge in [-0.25, -0.2) is 4.79 Å². The van der Waals surface area contributed by atoms with Crippen LogP contribution in [-0.2, 0) is 7.05 Å². The first-order chi connectivity index (χ1) is 8.47. The van der Waals surface area contributed by atoms with Gasteiger partial charge in [0.1, 0.15) is 5.56 Å². The van der Waals surface area contributed by atoms with Crippen LogP contribution in [-0.4, -0.2) is 22.8 Å². The summed E-state index contributed by atoms with van der Waals surface area (Å²) in [7, 11) is 2.83. The van der Waals surface area contributed by atoms with Gasteiger partial charge >= 0.3 is 5.97 Å². The van der Waals surface area contributed by atoms with Crippen molar-refractivity contribution in [2.24, 2.45) is 7.05 Å². The Balaban J connectivity index is 3.73. The van der Waals surface area contributed by atoms with E-state index in [2.05, 4.69) is 6.58 Å². The molecule has 0 spiro atoms. The molecule has 0 radical (unpaired) electrons. The molecule has 0 atom stereocenters. The molecular formula is C13H15NO4. The lowest BCUT2D eigenvalue weighted by atomic mass is 10.1. The number of hydrogen-bond donors (Lipinski definition) is 1. The molecule has 0 saturated carbocycles. The van der Waals surface area contributed by atoms with Crippen LogP contribution in [0.25, 0.3) is 5.57 Å². The molecule has 1 aromatic rings. The second kappa shape index (κ2) is 5.35. The molecule has 1 heterocycles. The summed E-state index contributed by atoms with van der Waals surface area (Å²) in [6.07, 6.45) is 3.31. The SMILES string of the molecule is C=C/C(=C\C)c1cc(C(=O)O)c(OC)c(=O)n1C. The lowest BCUT2D eigenvalue weighted by molar-refractivity contribution is 0.0692. The van der Waals surface area contributed by atoms with E-state index in [4.69, 9.17) is 9.84 Å². The minimum atomic E-state index is -1.20. The van der Waals surface area contributed by atoms with Gasteiger partial charge in [-0.15, -0.1) is 0 Å². The van der Waals surface area contributed by atoms with Crippen LogP contribution in [0.15, 0.2) is 29.6 Å². The van der Waals surface area contributed by atoms with Crippen molar-refractivity contribution in [3.05, 3.63) is 46.4 Å². The van der Waals surface area contributed by atoms with Crippen molar-refractivity contribution in [1.82, 2.24) is 4.57 Å².